The summed E-state index contributed by atoms with van der Waals surface area (Å²) >= 11 is 3.00. The molecule has 1 aromatic heterocycles. The van der Waals surface area contributed by atoms with E-state index in [1.165, 1.54) is 38.7 Å². The van der Waals surface area contributed by atoms with Crippen LogP contribution in [0, 0.1) is 27.7 Å². The van der Waals surface area contributed by atoms with Crippen LogP contribution in [0.2, 0.25) is 0 Å². The molecule has 0 saturated carbocycles. The first-order valence-electron chi connectivity index (χ1n) is 6.75. The Kier molecular flexibility index (Phi) is 3.53. The van der Waals surface area contributed by atoms with Gasteiger partial charge in [-0.3, -0.25) is 14.9 Å². The van der Waals surface area contributed by atoms with Crippen LogP contribution in [0.3, 0.4) is 0 Å². The van der Waals surface area contributed by atoms with Crippen LogP contribution >= 0.6 is 23.1 Å². The van der Waals surface area contributed by atoms with Gasteiger partial charge in [-0.2, -0.15) is 0 Å². The second-order valence-corrected chi connectivity index (χ2v) is 7.83. The van der Waals surface area contributed by atoms with Crippen molar-refractivity contribution in [1.82, 2.24) is 10.3 Å². The molecule has 0 spiro atoms. The third-order valence-corrected chi connectivity index (χ3v) is 6.63. The number of imide groups is 1. The Morgan fingerprint density at radius 3 is 2.38 bits per heavy atom. The molecular formula is C15H16N2O2S2. The number of benzene rings is 1. The van der Waals surface area contributed by atoms with Crippen molar-refractivity contribution in [3.63, 3.8) is 0 Å². The van der Waals surface area contributed by atoms with Crippen LogP contribution in [0.15, 0.2) is 4.34 Å². The van der Waals surface area contributed by atoms with Crippen LogP contribution in [-0.2, 0) is 9.59 Å². The summed E-state index contributed by atoms with van der Waals surface area (Å²) in [6.45, 7) is 8.45. The van der Waals surface area contributed by atoms with Crippen LogP contribution < -0.4 is 5.32 Å². The second-order valence-electron chi connectivity index (χ2n) is 5.38. The lowest BCUT2D eigenvalue weighted by atomic mass is 9.99. The monoisotopic (exact) mass is 320 g/mol. The molecule has 3 rings (SSSR count). The van der Waals surface area contributed by atoms with Crippen molar-refractivity contribution in [2.75, 3.05) is 0 Å². The van der Waals surface area contributed by atoms with Gasteiger partial charge in [0, 0.05) is 6.42 Å². The highest BCUT2D eigenvalue weighted by atomic mass is 32.2. The number of aryl methyl sites for hydroxylation is 2. The number of thioether (sulfide) groups is 1. The minimum absolute atomic E-state index is 0.197. The van der Waals surface area contributed by atoms with Crippen LogP contribution in [0.4, 0.5) is 0 Å². The van der Waals surface area contributed by atoms with Gasteiger partial charge in [-0.15, -0.1) is 11.3 Å². The molecule has 2 heterocycles. The summed E-state index contributed by atoms with van der Waals surface area (Å²) in [6, 6.07) is 0. The molecule has 1 aliphatic rings. The summed E-state index contributed by atoms with van der Waals surface area (Å²) < 4.78 is 2.04. The van der Waals surface area contributed by atoms with Gasteiger partial charge in [0.05, 0.1) is 15.5 Å². The molecule has 0 radical (unpaired) electrons. The van der Waals surface area contributed by atoms with Crippen molar-refractivity contribution in [3.05, 3.63) is 22.3 Å². The number of carbonyl (C=O) groups is 2. The molecule has 1 unspecified atom stereocenters. The van der Waals surface area contributed by atoms with Crippen molar-refractivity contribution < 1.29 is 9.59 Å². The van der Waals surface area contributed by atoms with E-state index in [1.54, 1.807) is 11.3 Å². The lowest BCUT2D eigenvalue weighted by Crippen LogP contribution is -2.22. The maximum absolute atomic E-state index is 11.7. The number of nitrogens with zero attached hydrogens (tertiary/aromatic N) is 1. The van der Waals surface area contributed by atoms with Gasteiger partial charge < -0.3 is 0 Å². The zero-order chi connectivity index (χ0) is 15.3. The van der Waals surface area contributed by atoms with Gasteiger partial charge in [0.2, 0.25) is 11.8 Å². The van der Waals surface area contributed by atoms with Gasteiger partial charge in [0.1, 0.15) is 0 Å². The topological polar surface area (TPSA) is 59.1 Å². The highest BCUT2D eigenvalue weighted by Crippen LogP contribution is 2.38. The molecule has 6 heteroatoms. The molecule has 2 aromatic rings. The van der Waals surface area contributed by atoms with E-state index < -0.39 is 0 Å². The number of thiazole rings is 1. The number of hydrogen-bond donors (Lipinski definition) is 1. The van der Waals surface area contributed by atoms with Crippen LogP contribution in [-0.4, -0.2) is 22.0 Å². The molecule has 21 heavy (non-hydrogen) atoms. The Bertz CT molecular complexity index is 735. The highest BCUT2D eigenvalue weighted by Gasteiger charge is 2.32. The summed E-state index contributed by atoms with van der Waals surface area (Å²) in [6.07, 6.45) is 0.245. The number of nitrogens with one attached hydrogen (secondary N) is 1. The summed E-state index contributed by atoms with van der Waals surface area (Å²) in [5, 5.41) is 1.99. The Balaban J connectivity index is 2.02. The Morgan fingerprint density at radius 2 is 1.76 bits per heavy atom. The lowest BCUT2D eigenvalue weighted by molar-refractivity contribution is -0.124. The summed E-state index contributed by atoms with van der Waals surface area (Å²) in [4.78, 5) is 27.6. The molecular weight excluding hydrogens is 304 g/mol. The first-order valence-corrected chi connectivity index (χ1v) is 8.45. The Labute approximate surface area is 131 Å². The van der Waals surface area contributed by atoms with Crippen molar-refractivity contribution in [2.24, 2.45) is 0 Å². The molecule has 1 atom stereocenters. The predicted molar refractivity (Wildman–Crippen MR) is 86.0 cm³/mol. The first kappa shape index (κ1) is 14.5. The van der Waals surface area contributed by atoms with Crippen LogP contribution in [0.1, 0.15) is 28.7 Å². The number of aromatic nitrogens is 1. The number of amides is 2. The summed E-state index contributed by atoms with van der Waals surface area (Å²) in [5.41, 5.74) is 6.05. The summed E-state index contributed by atoms with van der Waals surface area (Å²) in [7, 11) is 0. The van der Waals surface area contributed by atoms with Crippen LogP contribution in [0.25, 0.3) is 10.2 Å². The molecule has 0 bridgehead atoms. The Hall–Kier alpha value is -1.40. The standard InChI is InChI=1S/C15H16N2O2S2/c1-6-7(2)9(4)13-12(8(6)3)17-15(21-13)20-10-5-11(18)16-14(10)19/h10H,5H2,1-4H3,(H,16,18,19). The normalized spacial score (nSPS) is 18.6. The number of fused-ring (bicyclic) bond motifs is 1. The number of rotatable bonds is 2. The van der Waals surface area contributed by atoms with E-state index in [0.29, 0.717) is 0 Å². The van der Waals surface area contributed by atoms with E-state index >= 15 is 0 Å². The molecule has 1 aliphatic heterocycles. The fraction of sp³-hybridized carbons (Fsp3) is 0.400. The van der Waals surface area contributed by atoms with Crippen molar-refractivity contribution >= 4 is 45.1 Å². The molecule has 1 aromatic carbocycles. The molecule has 2 amide bonds. The fourth-order valence-corrected chi connectivity index (χ4v) is 5.01. The van der Waals surface area contributed by atoms with E-state index in [9.17, 15) is 9.59 Å². The van der Waals surface area contributed by atoms with Gasteiger partial charge >= 0.3 is 0 Å². The van der Waals surface area contributed by atoms with Crippen molar-refractivity contribution in [1.29, 1.82) is 0 Å². The van der Waals surface area contributed by atoms with E-state index in [2.05, 4.69) is 38.0 Å². The molecule has 4 nitrogen and oxygen atoms in total. The summed E-state index contributed by atoms with van der Waals surface area (Å²) in [5.74, 6) is -0.400. The van der Waals surface area contributed by atoms with E-state index in [-0.39, 0.29) is 23.5 Å². The van der Waals surface area contributed by atoms with Gasteiger partial charge in [0.25, 0.3) is 0 Å². The third kappa shape index (κ3) is 2.36. The molecule has 1 saturated heterocycles. The van der Waals surface area contributed by atoms with Gasteiger partial charge in [0.15, 0.2) is 4.34 Å². The molecule has 1 fully saturated rings. The maximum Gasteiger partial charge on any atom is 0.240 e. The maximum atomic E-state index is 11.7. The zero-order valence-electron chi connectivity index (χ0n) is 12.4. The van der Waals surface area contributed by atoms with Gasteiger partial charge in [-0.25, -0.2) is 4.98 Å². The van der Waals surface area contributed by atoms with Gasteiger partial charge in [-0.05, 0) is 49.9 Å². The molecule has 1 N–H and O–H groups in total. The van der Waals surface area contributed by atoms with E-state index in [0.717, 1.165) is 9.86 Å². The molecule has 0 aliphatic carbocycles. The second kappa shape index (κ2) is 5.10. The van der Waals surface area contributed by atoms with E-state index in [4.69, 9.17) is 0 Å². The zero-order valence-corrected chi connectivity index (χ0v) is 14.0. The average Bonchev–Trinajstić information content (AvgIpc) is 2.98. The van der Waals surface area contributed by atoms with Gasteiger partial charge in [-0.1, -0.05) is 11.8 Å². The SMILES string of the molecule is Cc1c(C)c(C)c2sc(SC3CC(=O)NC3=O)nc2c1C. The third-order valence-electron chi connectivity index (χ3n) is 4.16. The predicted octanol–water partition coefficient (Wildman–Crippen LogP) is 3.04. The minimum atomic E-state index is -0.346. The smallest absolute Gasteiger partial charge is 0.240 e. The van der Waals surface area contributed by atoms with Crippen molar-refractivity contribution in [3.8, 4) is 0 Å². The largest absolute Gasteiger partial charge is 0.295 e. The first-order chi connectivity index (χ1) is 9.88. The van der Waals surface area contributed by atoms with Crippen molar-refractivity contribution in [2.45, 2.75) is 43.7 Å². The fourth-order valence-electron chi connectivity index (χ4n) is 2.52. The van der Waals surface area contributed by atoms with Crippen LogP contribution in [0.5, 0.6) is 0 Å². The quantitative estimate of drug-likeness (QED) is 0.864. The average molecular weight is 320 g/mol. The Morgan fingerprint density at radius 1 is 1.10 bits per heavy atom. The number of hydrogen-bond acceptors (Lipinski definition) is 5. The number of carbonyl (C=O) groups excluding carboxylic acids is 2. The lowest BCUT2D eigenvalue weighted by Gasteiger charge is -2.08. The molecule has 110 valence electrons. The minimum Gasteiger partial charge on any atom is -0.295 e. The highest BCUT2D eigenvalue weighted by molar-refractivity contribution is 8.02. The van der Waals surface area contributed by atoms with E-state index in [1.807, 2.05) is 0 Å².